The largest absolute Gasteiger partial charge is 0.303 e. The first-order valence-corrected chi connectivity index (χ1v) is 4.73. The first kappa shape index (κ1) is 5.77. The standard InChI is InChI=1S/C6H7NS2/c1-2-8-6-5(1)3-7-4-9-6/h1-2,7H,3-4H2. The highest BCUT2D eigenvalue weighted by Crippen LogP contribution is 2.30. The van der Waals surface area contributed by atoms with Crippen molar-refractivity contribution in [3.05, 3.63) is 17.0 Å². The van der Waals surface area contributed by atoms with Crippen LogP contribution in [0.5, 0.6) is 0 Å². The van der Waals surface area contributed by atoms with Gasteiger partial charge < -0.3 is 5.32 Å². The van der Waals surface area contributed by atoms with Gasteiger partial charge in [-0.1, -0.05) is 11.8 Å². The molecule has 0 aromatic carbocycles. The van der Waals surface area contributed by atoms with Gasteiger partial charge in [-0.2, -0.15) is 0 Å². The molecule has 0 saturated heterocycles. The number of fused-ring (bicyclic) bond motifs is 1. The second-order valence-corrected chi connectivity index (χ2v) is 4.11. The van der Waals surface area contributed by atoms with Crippen LogP contribution in [0.3, 0.4) is 0 Å². The molecule has 0 fully saturated rings. The molecular weight excluding hydrogens is 150 g/mol. The molecule has 0 atom stereocenters. The Labute approximate surface area is 62.5 Å². The summed E-state index contributed by atoms with van der Waals surface area (Å²) in [5.74, 6) is 1.08. The Morgan fingerprint density at radius 2 is 2.56 bits per heavy atom. The van der Waals surface area contributed by atoms with Gasteiger partial charge >= 0.3 is 0 Å². The molecule has 0 aliphatic carbocycles. The van der Waals surface area contributed by atoms with E-state index in [2.05, 4.69) is 16.8 Å². The van der Waals surface area contributed by atoms with Crippen LogP contribution >= 0.6 is 23.1 Å². The van der Waals surface area contributed by atoms with E-state index in [0.29, 0.717) is 0 Å². The zero-order valence-corrected chi connectivity index (χ0v) is 6.52. The van der Waals surface area contributed by atoms with Crippen LogP contribution in [0.2, 0.25) is 0 Å². The van der Waals surface area contributed by atoms with E-state index in [0.717, 1.165) is 12.4 Å². The number of rotatable bonds is 0. The monoisotopic (exact) mass is 157 g/mol. The molecule has 0 bridgehead atoms. The third-order valence-electron chi connectivity index (χ3n) is 1.33. The van der Waals surface area contributed by atoms with Crippen molar-refractivity contribution in [2.45, 2.75) is 10.8 Å². The van der Waals surface area contributed by atoms with Gasteiger partial charge in [-0.05, 0) is 17.0 Å². The van der Waals surface area contributed by atoms with E-state index in [1.165, 1.54) is 9.77 Å². The fraction of sp³-hybridized carbons (Fsp3) is 0.333. The Kier molecular flexibility index (Phi) is 1.49. The molecule has 0 unspecified atom stereocenters. The van der Waals surface area contributed by atoms with Crippen LogP contribution in [-0.2, 0) is 6.54 Å². The maximum Gasteiger partial charge on any atom is 0.0656 e. The van der Waals surface area contributed by atoms with Crippen molar-refractivity contribution in [1.29, 1.82) is 0 Å². The molecule has 3 heteroatoms. The lowest BCUT2D eigenvalue weighted by atomic mass is 10.3. The molecule has 1 nitrogen and oxygen atoms in total. The van der Waals surface area contributed by atoms with E-state index in [9.17, 15) is 0 Å². The zero-order chi connectivity index (χ0) is 6.10. The molecule has 1 aliphatic rings. The van der Waals surface area contributed by atoms with E-state index in [4.69, 9.17) is 0 Å². The molecule has 0 spiro atoms. The predicted octanol–water partition coefficient (Wildman–Crippen LogP) is 1.90. The normalized spacial score (nSPS) is 17.3. The lowest BCUT2D eigenvalue weighted by Gasteiger charge is -2.10. The van der Waals surface area contributed by atoms with Crippen molar-refractivity contribution in [2.24, 2.45) is 0 Å². The molecule has 1 aliphatic heterocycles. The quantitative estimate of drug-likeness (QED) is 0.617. The third-order valence-corrected chi connectivity index (χ3v) is 3.59. The summed E-state index contributed by atoms with van der Waals surface area (Å²) in [6.45, 7) is 1.06. The van der Waals surface area contributed by atoms with Crippen molar-refractivity contribution in [3.63, 3.8) is 0 Å². The van der Waals surface area contributed by atoms with Gasteiger partial charge in [-0.3, -0.25) is 0 Å². The van der Waals surface area contributed by atoms with Crippen LogP contribution < -0.4 is 5.32 Å². The summed E-state index contributed by atoms with van der Waals surface area (Å²) in [5, 5.41) is 5.45. The van der Waals surface area contributed by atoms with Gasteiger partial charge in [-0.15, -0.1) is 11.3 Å². The van der Waals surface area contributed by atoms with Gasteiger partial charge in [0, 0.05) is 12.4 Å². The van der Waals surface area contributed by atoms with Crippen LogP contribution in [-0.4, -0.2) is 5.88 Å². The van der Waals surface area contributed by atoms with Crippen molar-refractivity contribution >= 4 is 23.1 Å². The molecule has 9 heavy (non-hydrogen) atoms. The Morgan fingerprint density at radius 3 is 3.44 bits per heavy atom. The van der Waals surface area contributed by atoms with Crippen LogP contribution in [0.15, 0.2) is 15.7 Å². The maximum atomic E-state index is 3.30. The summed E-state index contributed by atoms with van der Waals surface area (Å²) in [5.41, 5.74) is 1.47. The Balaban J connectivity index is 2.39. The summed E-state index contributed by atoms with van der Waals surface area (Å²) in [6, 6.07) is 2.19. The average Bonchev–Trinajstić information content (AvgIpc) is 2.33. The van der Waals surface area contributed by atoms with E-state index in [1.807, 2.05) is 23.1 Å². The maximum absolute atomic E-state index is 3.30. The number of nitrogens with one attached hydrogen (secondary N) is 1. The van der Waals surface area contributed by atoms with Gasteiger partial charge in [0.15, 0.2) is 0 Å². The van der Waals surface area contributed by atoms with E-state index in [1.54, 1.807) is 0 Å². The summed E-state index contributed by atoms with van der Waals surface area (Å²) in [4.78, 5) is 0. The van der Waals surface area contributed by atoms with Gasteiger partial charge in [0.05, 0.1) is 4.21 Å². The number of hydrogen-bond donors (Lipinski definition) is 1. The number of hydrogen-bond acceptors (Lipinski definition) is 3. The van der Waals surface area contributed by atoms with Crippen molar-refractivity contribution < 1.29 is 0 Å². The predicted molar refractivity (Wildman–Crippen MR) is 41.9 cm³/mol. The van der Waals surface area contributed by atoms with Crippen LogP contribution in [0.1, 0.15) is 5.56 Å². The smallest absolute Gasteiger partial charge is 0.0656 e. The van der Waals surface area contributed by atoms with Gasteiger partial charge in [0.25, 0.3) is 0 Å². The summed E-state index contributed by atoms with van der Waals surface area (Å²) >= 11 is 3.75. The SMILES string of the molecule is c1cc2c(s1)SCNC2. The Bertz CT molecular complexity index is 186. The van der Waals surface area contributed by atoms with E-state index in [-0.39, 0.29) is 0 Å². The first-order chi connectivity index (χ1) is 4.47. The van der Waals surface area contributed by atoms with Gasteiger partial charge in [-0.25, -0.2) is 0 Å². The molecule has 1 aromatic rings. The number of thiophene rings is 1. The third kappa shape index (κ3) is 1.000. The molecule has 0 radical (unpaired) electrons. The topological polar surface area (TPSA) is 12.0 Å². The summed E-state index contributed by atoms with van der Waals surface area (Å²) in [7, 11) is 0. The lowest BCUT2D eigenvalue weighted by Crippen LogP contribution is -2.15. The molecular formula is C6H7NS2. The molecule has 2 rings (SSSR count). The highest BCUT2D eigenvalue weighted by molar-refractivity contribution is 8.01. The highest BCUT2D eigenvalue weighted by Gasteiger charge is 2.08. The highest BCUT2D eigenvalue weighted by atomic mass is 32.2. The second-order valence-electron chi connectivity index (χ2n) is 1.95. The molecule has 0 saturated carbocycles. The molecule has 1 aromatic heterocycles. The fourth-order valence-corrected chi connectivity index (χ4v) is 2.81. The van der Waals surface area contributed by atoms with Crippen LogP contribution in [0.25, 0.3) is 0 Å². The minimum atomic E-state index is 1.06. The average molecular weight is 157 g/mol. The molecule has 1 N–H and O–H groups in total. The van der Waals surface area contributed by atoms with E-state index >= 15 is 0 Å². The minimum absolute atomic E-state index is 1.06. The minimum Gasteiger partial charge on any atom is -0.303 e. The molecule has 2 heterocycles. The van der Waals surface area contributed by atoms with Crippen molar-refractivity contribution in [1.82, 2.24) is 5.32 Å². The lowest BCUT2D eigenvalue weighted by molar-refractivity contribution is 0.775. The number of thioether (sulfide) groups is 1. The van der Waals surface area contributed by atoms with Crippen molar-refractivity contribution in [3.8, 4) is 0 Å². The van der Waals surface area contributed by atoms with Gasteiger partial charge in [0.2, 0.25) is 0 Å². The first-order valence-electron chi connectivity index (χ1n) is 2.87. The molecule has 48 valence electrons. The van der Waals surface area contributed by atoms with Crippen LogP contribution in [0.4, 0.5) is 0 Å². The second kappa shape index (κ2) is 2.33. The van der Waals surface area contributed by atoms with Gasteiger partial charge in [0.1, 0.15) is 0 Å². The van der Waals surface area contributed by atoms with E-state index < -0.39 is 0 Å². The Hall–Kier alpha value is 0.01000. The Morgan fingerprint density at radius 1 is 1.56 bits per heavy atom. The summed E-state index contributed by atoms with van der Waals surface area (Å²) in [6.07, 6.45) is 0. The summed E-state index contributed by atoms with van der Waals surface area (Å²) < 4.78 is 1.49. The van der Waals surface area contributed by atoms with Crippen molar-refractivity contribution in [2.75, 3.05) is 5.88 Å². The molecule has 0 amide bonds. The fourth-order valence-electron chi connectivity index (χ4n) is 0.882. The van der Waals surface area contributed by atoms with Crippen LogP contribution in [0, 0.1) is 0 Å². The zero-order valence-electron chi connectivity index (χ0n) is 4.89.